The van der Waals surface area contributed by atoms with Gasteiger partial charge >= 0.3 is 0 Å². The summed E-state index contributed by atoms with van der Waals surface area (Å²) in [5.41, 5.74) is 10.0. The molecule has 1 aromatic heterocycles. The molecule has 0 saturated carbocycles. The summed E-state index contributed by atoms with van der Waals surface area (Å²) in [5, 5.41) is 11.3. The van der Waals surface area contributed by atoms with Crippen LogP contribution in [-0.4, -0.2) is 42.4 Å². The minimum atomic E-state index is -3.98. The average Bonchev–Trinajstić information content (AvgIpc) is 3.11. The summed E-state index contributed by atoms with van der Waals surface area (Å²) in [6, 6.07) is 32.6. The van der Waals surface area contributed by atoms with Crippen LogP contribution in [0.3, 0.4) is 0 Å². The summed E-state index contributed by atoms with van der Waals surface area (Å²) in [6.07, 6.45) is 2.66. The highest BCUT2D eigenvalue weighted by molar-refractivity contribution is 7.91. The number of amides is 1. The number of nitrogens with zero attached hydrogens (tertiary/aromatic N) is 2. The van der Waals surface area contributed by atoms with E-state index in [2.05, 4.69) is 9.88 Å². The van der Waals surface area contributed by atoms with E-state index in [1.165, 1.54) is 6.07 Å². The van der Waals surface area contributed by atoms with Crippen molar-refractivity contribution in [1.82, 2.24) is 9.88 Å². The van der Waals surface area contributed by atoms with E-state index in [-0.39, 0.29) is 22.0 Å². The van der Waals surface area contributed by atoms with Crippen molar-refractivity contribution in [2.45, 2.75) is 55.2 Å². The minimum Gasteiger partial charge on any atom is -0.488 e. The topological polar surface area (TPSA) is 123 Å². The van der Waals surface area contributed by atoms with Crippen molar-refractivity contribution in [2.24, 2.45) is 5.73 Å². The number of aryl methyl sites for hydroxylation is 1. The molecular weight excluding hydrogens is 658 g/mol. The van der Waals surface area contributed by atoms with Crippen molar-refractivity contribution in [3.8, 4) is 5.75 Å². The van der Waals surface area contributed by atoms with Gasteiger partial charge in [-0.2, -0.15) is 0 Å². The Bertz CT molecular complexity index is 1940. The Kier molecular flexibility index (Phi) is 12.2. The number of pyridine rings is 1. The van der Waals surface area contributed by atoms with E-state index in [1.807, 2.05) is 67.6 Å². The molecule has 0 radical (unpaired) electrons. The Balaban J connectivity index is 1.33. The Morgan fingerprint density at radius 3 is 2.16 bits per heavy atom. The zero-order valence-electron chi connectivity index (χ0n) is 27.3. The van der Waals surface area contributed by atoms with Crippen LogP contribution in [0, 0.1) is 0 Å². The van der Waals surface area contributed by atoms with Crippen molar-refractivity contribution in [3.63, 3.8) is 0 Å². The van der Waals surface area contributed by atoms with Gasteiger partial charge in [0.1, 0.15) is 17.5 Å². The second-order valence-corrected chi connectivity index (χ2v) is 14.2. The molecule has 0 aliphatic rings. The van der Waals surface area contributed by atoms with E-state index < -0.39 is 21.8 Å². The Morgan fingerprint density at radius 1 is 0.878 bits per heavy atom. The Labute approximate surface area is 293 Å². The maximum absolute atomic E-state index is 13.9. The molecule has 0 spiro atoms. The van der Waals surface area contributed by atoms with Crippen LogP contribution < -0.4 is 10.5 Å². The second kappa shape index (κ2) is 16.7. The lowest BCUT2D eigenvalue weighted by Crippen LogP contribution is -2.30. The molecule has 0 unspecified atom stereocenters. The molecular formula is C39H40ClN3O5S. The third-order valence-electron chi connectivity index (χ3n) is 8.23. The Morgan fingerprint density at radius 2 is 1.55 bits per heavy atom. The maximum atomic E-state index is 13.9. The average molecular weight is 698 g/mol. The van der Waals surface area contributed by atoms with Gasteiger partial charge < -0.3 is 15.6 Å². The van der Waals surface area contributed by atoms with E-state index in [0.29, 0.717) is 60.9 Å². The van der Waals surface area contributed by atoms with Crippen LogP contribution in [0.25, 0.3) is 0 Å². The molecule has 0 bridgehead atoms. The number of rotatable bonds is 16. The number of carbonyl (C=O) groups excluding carboxylic acids is 1. The molecule has 0 aliphatic heterocycles. The summed E-state index contributed by atoms with van der Waals surface area (Å²) in [6.45, 7) is 3.80. The summed E-state index contributed by atoms with van der Waals surface area (Å²) < 4.78 is 33.8. The second-order valence-electron chi connectivity index (χ2n) is 11.9. The molecule has 1 heterocycles. The monoisotopic (exact) mass is 697 g/mol. The molecule has 1 atom stereocenters. The van der Waals surface area contributed by atoms with Crippen molar-refractivity contribution in [2.75, 3.05) is 13.1 Å². The van der Waals surface area contributed by atoms with Crippen molar-refractivity contribution in [3.05, 3.63) is 154 Å². The lowest BCUT2D eigenvalue weighted by atomic mass is 10.0. The molecule has 5 rings (SSSR count). The van der Waals surface area contributed by atoms with Crippen molar-refractivity contribution >= 4 is 27.3 Å². The van der Waals surface area contributed by atoms with E-state index in [9.17, 15) is 18.3 Å². The van der Waals surface area contributed by atoms with Crippen molar-refractivity contribution in [1.29, 1.82) is 0 Å². The van der Waals surface area contributed by atoms with E-state index in [1.54, 1.807) is 48.7 Å². The molecule has 254 valence electrons. The summed E-state index contributed by atoms with van der Waals surface area (Å²) >= 11 is 5.93. The number of aliphatic hydroxyl groups excluding tert-OH is 1. The summed E-state index contributed by atoms with van der Waals surface area (Å²) in [4.78, 5) is 18.9. The number of nitrogens with two attached hydrogens (primary N) is 1. The van der Waals surface area contributed by atoms with Gasteiger partial charge in [-0.3, -0.25) is 9.69 Å². The molecule has 4 aromatic carbocycles. The summed E-state index contributed by atoms with van der Waals surface area (Å²) in [7, 11) is -3.98. The first-order valence-corrected chi connectivity index (χ1v) is 18.0. The van der Waals surface area contributed by atoms with Crippen LogP contribution in [0.5, 0.6) is 5.75 Å². The molecule has 3 N–H and O–H groups in total. The zero-order valence-corrected chi connectivity index (χ0v) is 28.9. The fourth-order valence-electron chi connectivity index (χ4n) is 5.62. The summed E-state index contributed by atoms with van der Waals surface area (Å²) in [5.74, 6) is -0.449. The molecule has 8 nitrogen and oxygen atoms in total. The predicted molar refractivity (Wildman–Crippen MR) is 191 cm³/mol. The highest BCUT2D eigenvalue weighted by atomic mass is 35.5. The van der Waals surface area contributed by atoms with Gasteiger partial charge in [-0.1, -0.05) is 104 Å². The highest BCUT2D eigenvalue weighted by Crippen LogP contribution is 2.33. The van der Waals surface area contributed by atoms with E-state index in [4.69, 9.17) is 22.1 Å². The van der Waals surface area contributed by atoms with E-state index in [0.717, 1.165) is 16.7 Å². The number of aliphatic hydroxyl groups is 1. The molecule has 10 heteroatoms. The largest absolute Gasteiger partial charge is 0.488 e. The first-order chi connectivity index (χ1) is 23.6. The predicted octanol–water partition coefficient (Wildman–Crippen LogP) is 6.98. The van der Waals surface area contributed by atoms with Gasteiger partial charge in [-0.05, 0) is 65.4 Å². The maximum Gasteiger partial charge on any atom is 0.252 e. The number of ether oxygens (including phenoxy) is 1. The minimum absolute atomic E-state index is 0.00993. The number of hydrogen-bond acceptors (Lipinski definition) is 7. The lowest BCUT2D eigenvalue weighted by Gasteiger charge is -2.25. The third-order valence-corrected chi connectivity index (χ3v) is 10.2. The molecule has 1 amide bonds. The van der Waals surface area contributed by atoms with Crippen LogP contribution in [0.15, 0.2) is 125 Å². The Hall–Kier alpha value is -4.54. The van der Waals surface area contributed by atoms with Crippen molar-refractivity contribution < 1.29 is 23.1 Å². The van der Waals surface area contributed by atoms with Gasteiger partial charge in [0.15, 0.2) is 0 Å². The van der Waals surface area contributed by atoms with Crippen LogP contribution in [0.2, 0.25) is 5.15 Å². The van der Waals surface area contributed by atoms with Crippen LogP contribution in [0.1, 0.15) is 57.6 Å². The number of benzene rings is 4. The number of aromatic nitrogens is 1. The van der Waals surface area contributed by atoms with Gasteiger partial charge in [-0.15, -0.1) is 0 Å². The number of carbonyl (C=O) groups is 1. The van der Waals surface area contributed by atoms with Gasteiger partial charge in [0.25, 0.3) is 5.91 Å². The molecule has 49 heavy (non-hydrogen) atoms. The first-order valence-electron chi connectivity index (χ1n) is 16.2. The van der Waals surface area contributed by atoms with Gasteiger partial charge in [0, 0.05) is 31.4 Å². The molecule has 5 aromatic rings. The lowest BCUT2D eigenvalue weighted by molar-refractivity contribution is 0.0995. The fraction of sp³-hybridized carbons (Fsp3) is 0.231. The van der Waals surface area contributed by atoms with E-state index >= 15 is 0 Å². The molecule has 0 aliphatic carbocycles. The third kappa shape index (κ3) is 9.55. The van der Waals surface area contributed by atoms with Gasteiger partial charge in [0.05, 0.1) is 21.5 Å². The SMILES string of the molecule is CCCc1cc(S(=O)(=O)c2ccc(CCN(Cc3ccccc3)C[C@H](O)c3ccc(Cl)nc3)cc2)cc(C(N)=O)c1OCc1ccccc1. The van der Waals surface area contributed by atoms with Gasteiger partial charge in [-0.25, -0.2) is 13.4 Å². The standard InChI is InChI=1S/C39H40ClN3O5S/c1-2-9-31-22-34(23-35(39(41)45)38(31)48-27-30-12-7-4-8-13-30)49(46,47)33-17-14-28(15-18-33)20-21-43(25-29-10-5-3-6-11-29)26-36(44)32-16-19-37(40)42-24-32/h3-8,10-19,22-24,36,44H,2,9,20-21,25-27H2,1H3,(H2,41,45)/t36-/m0/s1. The van der Waals surface area contributed by atoms with Crippen LogP contribution in [-0.2, 0) is 35.8 Å². The van der Waals surface area contributed by atoms with Gasteiger partial charge in [0.2, 0.25) is 9.84 Å². The highest BCUT2D eigenvalue weighted by Gasteiger charge is 2.24. The normalized spacial score (nSPS) is 12.2. The number of halogens is 1. The van der Waals surface area contributed by atoms with Crippen LogP contribution in [0.4, 0.5) is 0 Å². The van der Waals surface area contributed by atoms with Crippen LogP contribution >= 0.6 is 11.6 Å². The first kappa shape index (κ1) is 35.8. The molecule has 0 saturated heterocycles. The zero-order chi connectivity index (χ0) is 34.8. The molecule has 0 fully saturated rings. The number of hydrogen-bond donors (Lipinski definition) is 2. The number of primary amides is 1. The fourth-order valence-corrected chi connectivity index (χ4v) is 7.07. The smallest absolute Gasteiger partial charge is 0.252 e. The number of sulfone groups is 1. The quantitative estimate of drug-likeness (QED) is 0.107.